The Morgan fingerprint density at radius 2 is 1.10 bits per heavy atom. The topological polar surface area (TPSA) is 37.4 Å². The van der Waals surface area contributed by atoms with Gasteiger partial charge in [-0.3, -0.25) is 9.59 Å². The third-order valence-electron chi connectivity index (χ3n) is 8.89. The summed E-state index contributed by atoms with van der Waals surface area (Å²) in [7, 11) is -2.32. The molecule has 0 bridgehead atoms. The highest BCUT2D eigenvalue weighted by molar-refractivity contribution is 8.01. The molecular weight excluding hydrogens is 539 g/mol. The van der Waals surface area contributed by atoms with Crippen molar-refractivity contribution in [2.24, 2.45) is 5.92 Å². The summed E-state index contributed by atoms with van der Waals surface area (Å²) in [5.41, 5.74) is 4.34. The number of carbonyl (C=O) groups excluding carboxylic acids is 2. The van der Waals surface area contributed by atoms with Gasteiger partial charge in [-0.05, 0) is 27.3 Å². The minimum Gasteiger partial charge on any atom is -0.356 e. The Hall–Kier alpha value is -3.41. The molecule has 0 saturated carbocycles. The van der Waals surface area contributed by atoms with Crippen LogP contribution in [0, 0.1) is 5.92 Å². The Morgan fingerprint density at radius 3 is 1.49 bits per heavy atom. The Labute approximate surface area is 250 Å². The molecule has 3 nitrogen and oxygen atoms in total. The number of hydrogen-bond acceptors (Lipinski definition) is 3. The molecule has 1 heterocycles. The zero-order valence-electron chi connectivity index (χ0n) is 24.6. The first-order valence-corrected chi connectivity index (χ1v) is 18.1. The molecule has 4 aromatic carbocycles. The van der Waals surface area contributed by atoms with Crippen LogP contribution in [-0.2, 0) is 20.8 Å². The van der Waals surface area contributed by atoms with E-state index in [2.05, 4.69) is 111 Å². The number of amides is 1. The second-order valence-electron chi connectivity index (χ2n) is 12.4. The van der Waals surface area contributed by atoms with E-state index < -0.39 is 18.9 Å². The third-order valence-corrected chi connectivity index (χ3v) is 16.2. The van der Waals surface area contributed by atoms with Crippen LogP contribution in [-0.4, -0.2) is 29.9 Å². The lowest BCUT2D eigenvalue weighted by atomic mass is 9.84. The van der Waals surface area contributed by atoms with Crippen molar-refractivity contribution >= 4 is 31.7 Å². The van der Waals surface area contributed by atoms with Crippen molar-refractivity contribution in [3.05, 3.63) is 144 Å². The number of rotatable bonds is 9. The number of hydrogen-bond donors (Lipinski definition) is 0. The predicted molar refractivity (Wildman–Crippen MR) is 173 cm³/mol. The van der Waals surface area contributed by atoms with Crippen LogP contribution in [0.4, 0.5) is 0 Å². The molecule has 5 rings (SSSR count). The molecule has 1 aliphatic rings. The van der Waals surface area contributed by atoms with Gasteiger partial charge in [-0.1, -0.05) is 155 Å². The van der Waals surface area contributed by atoms with Crippen molar-refractivity contribution in [3.63, 3.8) is 0 Å². The van der Waals surface area contributed by atoms with Gasteiger partial charge in [0.1, 0.15) is 5.92 Å². The Bertz CT molecular complexity index is 1390. The molecule has 0 spiro atoms. The van der Waals surface area contributed by atoms with Gasteiger partial charge >= 0.3 is 0 Å². The summed E-state index contributed by atoms with van der Waals surface area (Å²) in [5, 5.41) is -0.357. The van der Waals surface area contributed by atoms with Crippen molar-refractivity contribution in [2.75, 3.05) is 0 Å². The Kier molecular flexibility index (Phi) is 8.13. The van der Waals surface area contributed by atoms with E-state index in [1.807, 2.05) is 48.5 Å². The average molecular weight is 578 g/mol. The van der Waals surface area contributed by atoms with Crippen molar-refractivity contribution < 1.29 is 9.59 Å². The van der Waals surface area contributed by atoms with Gasteiger partial charge < -0.3 is 4.57 Å². The molecule has 0 aromatic heterocycles. The lowest BCUT2D eigenvalue weighted by molar-refractivity contribution is -0.149. The van der Waals surface area contributed by atoms with E-state index in [-0.39, 0.29) is 28.5 Å². The maximum absolute atomic E-state index is 14.1. The number of benzene rings is 4. The summed E-state index contributed by atoms with van der Waals surface area (Å²) >= 11 is 1.76. The number of β-lactam (4-membered cyclic amide) rings is 1. The summed E-state index contributed by atoms with van der Waals surface area (Å²) in [6.45, 7) is 11.2. The van der Waals surface area contributed by atoms with Crippen LogP contribution in [0.15, 0.2) is 121 Å². The highest BCUT2D eigenvalue weighted by Gasteiger charge is 2.61. The van der Waals surface area contributed by atoms with Gasteiger partial charge in [-0.25, -0.2) is 0 Å². The molecule has 210 valence electrons. The molecule has 1 saturated heterocycles. The van der Waals surface area contributed by atoms with Crippen LogP contribution in [0.3, 0.4) is 0 Å². The first-order chi connectivity index (χ1) is 19.6. The van der Waals surface area contributed by atoms with Crippen LogP contribution < -0.4 is 0 Å². The fraction of sp³-hybridized carbons (Fsp3) is 0.278. The van der Waals surface area contributed by atoms with Crippen LogP contribution in [0.1, 0.15) is 43.0 Å². The van der Waals surface area contributed by atoms with Crippen LogP contribution >= 0.6 is 11.8 Å². The van der Waals surface area contributed by atoms with Gasteiger partial charge in [0.2, 0.25) is 5.91 Å². The lowest BCUT2D eigenvalue weighted by Crippen LogP contribution is -2.73. The van der Waals surface area contributed by atoms with E-state index in [1.165, 1.54) is 0 Å². The van der Waals surface area contributed by atoms with E-state index in [0.29, 0.717) is 0 Å². The zero-order chi connectivity index (χ0) is 29.3. The van der Waals surface area contributed by atoms with Crippen molar-refractivity contribution in [1.29, 1.82) is 0 Å². The summed E-state index contributed by atoms with van der Waals surface area (Å²) in [5.74, 6) is -0.709. The predicted octanol–water partition coefficient (Wildman–Crippen LogP) is 8.31. The normalized spacial score (nSPS) is 17.7. The minimum atomic E-state index is -2.32. The van der Waals surface area contributed by atoms with Gasteiger partial charge in [-0.15, -0.1) is 11.8 Å². The van der Waals surface area contributed by atoms with Crippen molar-refractivity contribution in [3.8, 4) is 0 Å². The standard InChI is InChI=1S/C36H39NO2SSi/c1-35(2,3)41(4,5)37-33(39)32(31(38)26-27-18-10-6-11-19-27)34(37)40-36(28-20-12-7-13-21-28,29-22-14-8-15-23-29)30-24-16-9-17-25-30/h6-25,32,34H,26H2,1-5H3. The summed E-state index contributed by atoms with van der Waals surface area (Å²) in [4.78, 5) is 28.1. The van der Waals surface area contributed by atoms with Crippen LogP contribution in [0.25, 0.3) is 0 Å². The highest BCUT2D eigenvalue weighted by Crippen LogP contribution is 2.57. The highest BCUT2D eigenvalue weighted by atomic mass is 32.2. The fourth-order valence-corrected chi connectivity index (χ4v) is 10.6. The van der Waals surface area contributed by atoms with Crippen molar-refractivity contribution in [1.82, 2.24) is 4.57 Å². The van der Waals surface area contributed by atoms with Gasteiger partial charge in [0, 0.05) is 6.42 Å². The average Bonchev–Trinajstić information content (AvgIpc) is 2.96. The summed E-state index contributed by atoms with van der Waals surface area (Å²) in [6, 6.07) is 41.4. The number of carbonyl (C=O) groups is 2. The maximum Gasteiger partial charge on any atom is 0.229 e. The molecule has 1 amide bonds. The van der Waals surface area contributed by atoms with E-state index in [0.717, 1.165) is 22.3 Å². The smallest absolute Gasteiger partial charge is 0.229 e. The molecule has 0 aliphatic carbocycles. The number of nitrogens with zero attached hydrogens (tertiary/aromatic N) is 1. The Balaban J connectivity index is 1.69. The molecular formula is C36H39NO2SSi. The molecule has 41 heavy (non-hydrogen) atoms. The van der Waals surface area contributed by atoms with Crippen LogP contribution in [0.5, 0.6) is 0 Å². The first kappa shape index (κ1) is 29.1. The summed E-state index contributed by atoms with van der Waals surface area (Å²) < 4.78 is 1.51. The van der Waals surface area contributed by atoms with Crippen LogP contribution in [0.2, 0.25) is 18.1 Å². The molecule has 1 fully saturated rings. The van der Waals surface area contributed by atoms with E-state index >= 15 is 0 Å². The molecule has 2 atom stereocenters. The monoisotopic (exact) mass is 577 g/mol. The number of Topliss-reactive ketones (excluding diaryl/α,β-unsaturated/α-hetero) is 1. The quantitative estimate of drug-likeness (QED) is 0.0869. The van der Waals surface area contributed by atoms with E-state index in [1.54, 1.807) is 11.8 Å². The minimum absolute atomic E-state index is 0.00301. The van der Waals surface area contributed by atoms with Gasteiger partial charge in [-0.2, -0.15) is 0 Å². The lowest BCUT2D eigenvalue weighted by Gasteiger charge is -2.59. The molecule has 4 aromatic rings. The Morgan fingerprint density at radius 1 is 0.707 bits per heavy atom. The number of ketones is 1. The largest absolute Gasteiger partial charge is 0.356 e. The van der Waals surface area contributed by atoms with Crippen molar-refractivity contribution in [2.45, 2.75) is 55.4 Å². The SMILES string of the molecule is CC(C)(C)[Si](C)(C)N1C(=O)C(C(=O)Cc2ccccc2)C1SC(c1ccccc1)(c1ccccc1)c1ccccc1. The molecule has 2 unspecified atom stereocenters. The third kappa shape index (κ3) is 5.33. The van der Waals surface area contributed by atoms with Gasteiger partial charge in [0.25, 0.3) is 0 Å². The second-order valence-corrected chi connectivity index (χ2v) is 18.8. The van der Waals surface area contributed by atoms with Gasteiger partial charge in [0.05, 0.1) is 10.1 Å². The maximum atomic E-state index is 14.1. The molecule has 0 radical (unpaired) electrons. The zero-order valence-corrected chi connectivity index (χ0v) is 26.4. The molecule has 0 N–H and O–H groups in total. The number of thioether (sulfide) groups is 1. The molecule has 1 aliphatic heterocycles. The van der Waals surface area contributed by atoms with Gasteiger partial charge in [0.15, 0.2) is 14.0 Å². The first-order valence-electron chi connectivity index (χ1n) is 14.3. The van der Waals surface area contributed by atoms with E-state index in [9.17, 15) is 9.59 Å². The fourth-order valence-electron chi connectivity index (χ4n) is 5.65. The summed E-state index contributed by atoms with van der Waals surface area (Å²) in [6.07, 6.45) is 0.259. The molecule has 5 heteroatoms. The van der Waals surface area contributed by atoms with E-state index in [4.69, 9.17) is 0 Å². The second kappa shape index (κ2) is 11.5.